The van der Waals surface area contributed by atoms with Gasteiger partial charge in [-0.25, -0.2) is 0 Å². The average Bonchev–Trinajstić information content (AvgIpc) is 3.11. The highest BCUT2D eigenvalue weighted by molar-refractivity contribution is 6.03. The number of anilines is 1. The monoisotopic (exact) mass is 328 g/mol. The second-order valence-electron chi connectivity index (χ2n) is 6.36. The van der Waals surface area contributed by atoms with Gasteiger partial charge in [-0.05, 0) is 53.9 Å². The van der Waals surface area contributed by atoms with Crippen molar-refractivity contribution in [3.8, 4) is 5.75 Å². The highest BCUT2D eigenvalue weighted by atomic mass is 16.3. The molecule has 0 saturated heterocycles. The van der Waals surface area contributed by atoms with E-state index in [4.69, 9.17) is 5.10 Å². The second kappa shape index (κ2) is 6.44. The predicted molar refractivity (Wildman–Crippen MR) is 102 cm³/mol. The molecule has 1 atom stereocenters. The van der Waals surface area contributed by atoms with Crippen molar-refractivity contribution in [3.63, 3.8) is 0 Å². The van der Waals surface area contributed by atoms with Gasteiger partial charge in [0.1, 0.15) is 5.75 Å². The molecule has 1 aliphatic heterocycles. The number of hydrazone groups is 1. The summed E-state index contributed by atoms with van der Waals surface area (Å²) in [5, 5.41) is 16.8. The lowest BCUT2D eigenvalue weighted by molar-refractivity contribution is 0.471. The van der Waals surface area contributed by atoms with Gasteiger partial charge < -0.3 is 5.11 Å². The molecule has 124 valence electrons. The molecule has 1 N–H and O–H groups in total. The van der Waals surface area contributed by atoms with E-state index in [-0.39, 0.29) is 6.04 Å². The number of phenolic OH excluding ortho intramolecular Hbond substituents is 1. The van der Waals surface area contributed by atoms with E-state index in [0.29, 0.717) is 5.75 Å². The normalized spacial score (nSPS) is 16.8. The van der Waals surface area contributed by atoms with Crippen LogP contribution in [0, 0.1) is 6.92 Å². The van der Waals surface area contributed by atoms with Crippen molar-refractivity contribution in [2.75, 3.05) is 5.01 Å². The maximum atomic E-state index is 9.80. The fourth-order valence-electron chi connectivity index (χ4n) is 3.27. The molecule has 0 aliphatic carbocycles. The van der Waals surface area contributed by atoms with Crippen molar-refractivity contribution in [2.45, 2.75) is 19.4 Å². The molecule has 3 heteroatoms. The van der Waals surface area contributed by atoms with Crippen LogP contribution < -0.4 is 5.01 Å². The molecule has 4 rings (SSSR count). The van der Waals surface area contributed by atoms with E-state index in [1.807, 2.05) is 43.3 Å². The number of para-hydroxylation sites is 1. The van der Waals surface area contributed by atoms with Gasteiger partial charge in [0, 0.05) is 6.42 Å². The van der Waals surface area contributed by atoms with E-state index in [1.54, 1.807) is 6.07 Å². The van der Waals surface area contributed by atoms with Crippen molar-refractivity contribution in [3.05, 3.63) is 95.6 Å². The molecule has 0 saturated carbocycles. The first-order valence-electron chi connectivity index (χ1n) is 8.49. The smallest absolute Gasteiger partial charge is 0.118 e. The van der Waals surface area contributed by atoms with Gasteiger partial charge in [0.25, 0.3) is 0 Å². The van der Waals surface area contributed by atoms with Gasteiger partial charge >= 0.3 is 0 Å². The lowest BCUT2D eigenvalue weighted by Gasteiger charge is -2.23. The summed E-state index contributed by atoms with van der Waals surface area (Å²) in [5.74, 6) is 0.321. The van der Waals surface area contributed by atoms with Crippen LogP contribution in [0.15, 0.2) is 84.0 Å². The zero-order chi connectivity index (χ0) is 17.2. The number of nitrogens with zero attached hydrogens (tertiary/aromatic N) is 2. The Morgan fingerprint density at radius 3 is 2.28 bits per heavy atom. The minimum absolute atomic E-state index is 0.174. The van der Waals surface area contributed by atoms with Crippen molar-refractivity contribution in [2.24, 2.45) is 5.10 Å². The maximum absolute atomic E-state index is 9.80. The maximum Gasteiger partial charge on any atom is 0.118 e. The van der Waals surface area contributed by atoms with Crippen LogP contribution in [0.3, 0.4) is 0 Å². The number of phenols is 1. The van der Waals surface area contributed by atoms with Crippen molar-refractivity contribution >= 4 is 11.4 Å². The lowest BCUT2D eigenvalue weighted by Crippen LogP contribution is -2.18. The fraction of sp³-hybridized carbons (Fsp3) is 0.136. The Hall–Kier alpha value is -3.07. The summed E-state index contributed by atoms with van der Waals surface area (Å²) in [7, 11) is 0. The summed E-state index contributed by atoms with van der Waals surface area (Å²) >= 11 is 0. The molecule has 0 radical (unpaired) electrons. The number of hydrogen-bond donors (Lipinski definition) is 1. The Morgan fingerprint density at radius 1 is 0.920 bits per heavy atom. The number of hydrogen-bond acceptors (Lipinski definition) is 3. The van der Waals surface area contributed by atoms with Gasteiger partial charge in [-0.2, -0.15) is 5.10 Å². The molecule has 0 bridgehead atoms. The molecule has 0 spiro atoms. The minimum Gasteiger partial charge on any atom is -0.508 e. The molecule has 0 fully saturated rings. The Balaban J connectivity index is 1.75. The summed E-state index contributed by atoms with van der Waals surface area (Å²) in [6.07, 6.45) is 0.836. The SMILES string of the molecule is Cc1cc(C2=NN(c3ccccc3)C(c3ccccc3)C2)ccc1O. The van der Waals surface area contributed by atoms with Crippen LogP contribution in [0.2, 0.25) is 0 Å². The first kappa shape index (κ1) is 15.5. The molecule has 3 nitrogen and oxygen atoms in total. The minimum atomic E-state index is 0.174. The van der Waals surface area contributed by atoms with Crippen LogP contribution in [0.4, 0.5) is 5.69 Å². The third-order valence-electron chi connectivity index (χ3n) is 4.65. The summed E-state index contributed by atoms with van der Waals surface area (Å²) < 4.78 is 0. The lowest BCUT2D eigenvalue weighted by atomic mass is 9.97. The highest BCUT2D eigenvalue weighted by Crippen LogP contribution is 2.36. The van der Waals surface area contributed by atoms with E-state index in [1.165, 1.54) is 5.56 Å². The van der Waals surface area contributed by atoms with Gasteiger partial charge in [-0.3, -0.25) is 5.01 Å². The van der Waals surface area contributed by atoms with Gasteiger partial charge in [-0.1, -0.05) is 48.5 Å². The quantitative estimate of drug-likeness (QED) is 0.730. The van der Waals surface area contributed by atoms with E-state index in [9.17, 15) is 5.11 Å². The average molecular weight is 328 g/mol. The van der Waals surface area contributed by atoms with Gasteiger partial charge in [-0.15, -0.1) is 0 Å². The molecular formula is C22H20N2O. The highest BCUT2D eigenvalue weighted by Gasteiger charge is 2.29. The fourth-order valence-corrected chi connectivity index (χ4v) is 3.27. The molecule has 25 heavy (non-hydrogen) atoms. The Kier molecular flexibility index (Phi) is 3.98. The summed E-state index contributed by atoms with van der Waals surface area (Å²) in [6.45, 7) is 1.91. The Morgan fingerprint density at radius 2 is 1.60 bits per heavy atom. The van der Waals surface area contributed by atoms with Crippen LogP contribution in [0.1, 0.15) is 29.2 Å². The molecule has 1 unspecified atom stereocenters. The van der Waals surface area contributed by atoms with E-state index in [0.717, 1.165) is 28.9 Å². The first-order chi connectivity index (χ1) is 12.2. The van der Waals surface area contributed by atoms with Crippen LogP contribution in [0.5, 0.6) is 5.75 Å². The molecular weight excluding hydrogens is 308 g/mol. The summed E-state index contributed by atoms with van der Waals surface area (Å²) in [5.41, 5.74) is 5.31. The van der Waals surface area contributed by atoms with Crippen molar-refractivity contribution in [1.82, 2.24) is 0 Å². The third kappa shape index (κ3) is 3.01. The molecule has 0 aromatic heterocycles. The number of aryl methyl sites for hydroxylation is 1. The first-order valence-corrected chi connectivity index (χ1v) is 8.49. The number of rotatable bonds is 3. The zero-order valence-corrected chi connectivity index (χ0v) is 14.1. The molecule has 1 heterocycles. The topological polar surface area (TPSA) is 35.8 Å². The van der Waals surface area contributed by atoms with Crippen molar-refractivity contribution in [1.29, 1.82) is 0 Å². The van der Waals surface area contributed by atoms with Crippen LogP contribution in [0.25, 0.3) is 0 Å². The van der Waals surface area contributed by atoms with E-state index >= 15 is 0 Å². The van der Waals surface area contributed by atoms with E-state index in [2.05, 4.69) is 41.4 Å². The van der Waals surface area contributed by atoms with E-state index < -0.39 is 0 Å². The van der Waals surface area contributed by atoms with Gasteiger partial charge in [0.05, 0.1) is 17.4 Å². The van der Waals surface area contributed by atoms with Crippen LogP contribution in [-0.2, 0) is 0 Å². The summed E-state index contributed by atoms with van der Waals surface area (Å²) in [6, 6.07) is 26.6. The largest absolute Gasteiger partial charge is 0.508 e. The molecule has 1 aliphatic rings. The Labute approximate surface area is 147 Å². The van der Waals surface area contributed by atoms with Crippen LogP contribution >= 0.6 is 0 Å². The number of benzene rings is 3. The number of aromatic hydroxyl groups is 1. The van der Waals surface area contributed by atoms with Crippen LogP contribution in [-0.4, -0.2) is 10.8 Å². The zero-order valence-electron chi connectivity index (χ0n) is 14.1. The van der Waals surface area contributed by atoms with Gasteiger partial charge in [0.2, 0.25) is 0 Å². The Bertz CT molecular complexity index is 904. The second-order valence-corrected chi connectivity index (χ2v) is 6.36. The third-order valence-corrected chi connectivity index (χ3v) is 4.65. The standard InChI is InChI=1S/C22H20N2O/c1-16-14-18(12-13-22(16)25)20-15-21(17-8-4-2-5-9-17)24(23-20)19-10-6-3-7-11-19/h2-14,21,25H,15H2,1H3. The summed E-state index contributed by atoms with van der Waals surface area (Å²) in [4.78, 5) is 0. The van der Waals surface area contributed by atoms with Crippen molar-refractivity contribution < 1.29 is 5.11 Å². The molecule has 3 aromatic carbocycles. The molecule has 0 amide bonds. The predicted octanol–water partition coefficient (Wildman–Crippen LogP) is 5.06. The molecule has 3 aromatic rings. The van der Waals surface area contributed by atoms with Gasteiger partial charge in [0.15, 0.2) is 0 Å².